The lowest BCUT2D eigenvalue weighted by atomic mass is 9.93. The third-order valence-corrected chi connectivity index (χ3v) is 6.86. The summed E-state index contributed by atoms with van der Waals surface area (Å²) in [4.78, 5) is 20.7. The monoisotopic (exact) mass is 568 g/mol. The number of benzene rings is 1. The van der Waals surface area contributed by atoms with Crippen LogP contribution in [0.3, 0.4) is 0 Å². The van der Waals surface area contributed by atoms with Crippen molar-refractivity contribution in [3.05, 3.63) is 65.8 Å². The third-order valence-electron chi connectivity index (χ3n) is 6.86. The highest BCUT2D eigenvalue weighted by molar-refractivity contribution is 6.04. The maximum Gasteiger partial charge on any atom is 0.401 e. The average molecular weight is 569 g/mol. The van der Waals surface area contributed by atoms with Crippen molar-refractivity contribution in [3.63, 3.8) is 0 Å². The maximum absolute atomic E-state index is 13.0. The first-order valence-corrected chi connectivity index (χ1v) is 13.2. The number of aromatic nitrogens is 5. The van der Waals surface area contributed by atoms with Crippen LogP contribution in [0.4, 0.5) is 24.7 Å². The fourth-order valence-electron chi connectivity index (χ4n) is 4.55. The lowest BCUT2D eigenvalue weighted by molar-refractivity contribution is -0.146. The van der Waals surface area contributed by atoms with Gasteiger partial charge in [-0.3, -0.25) is 14.7 Å². The Labute approximate surface area is 235 Å². The topological polar surface area (TPSA) is 105 Å². The van der Waals surface area contributed by atoms with Gasteiger partial charge in [0.1, 0.15) is 11.5 Å². The van der Waals surface area contributed by atoms with Crippen LogP contribution in [-0.2, 0) is 5.41 Å². The average Bonchev–Trinajstić information content (AvgIpc) is 3.59. The van der Waals surface area contributed by atoms with Crippen LogP contribution < -0.4 is 10.2 Å². The fourth-order valence-corrected chi connectivity index (χ4v) is 4.55. The summed E-state index contributed by atoms with van der Waals surface area (Å²) in [6.45, 7) is 8.55. The molecule has 1 saturated heterocycles. The van der Waals surface area contributed by atoms with Crippen LogP contribution >= 0.6 is 0 Å². The van der Waals surface area contributed by atoms with Crippen LogP contribution in [0.15, 0.2) is 53.4 Å². The molecule has 1 amide bonds. The molecular formula is C28H31F3N8O2. The van der Waals surface area contributed by atoms with Gasteiger partial charge in [-0.1, -0.05) is 37.2 Å². The Bertz CT molecular complexity index is 1530. The molecule has 0 bridgehead atoms. The van der Waals surface area contributed by atoms with Crippen LogP contribution in [0.2, 0.25) is 0 Å². The number of rotatable bonds is 6. The smallest absolute Gasteiger partial charge is 0.368 e. The number of amides is 1. The maximum atomic E-state index is 13.0. The van der Waals surface area contributed by atoms with E-state index in [0.29, 0.717) is 54.7 Å². The molecule has 0 spiro atoms. The minimum atomic E-state index is -4.20. The minimum absolute atomic E-state index is 0.238. The molecule has 0 saturated carbocycles. The van der Waals surface area contributed by atoms with E-state index in [-0.39, 0.29) is 11.3 Å². The van der Waals surface area contributed by atoms with E-state index in [9.17, 15) is 18.0 Å². The highest BCUT2D eigenvalue weighted by Crippen LogP contribution is 2.27. The first-order valence-electron chi connectivity index (χ1n) is 13.2. The Kier molecular flexibility index (Phi) is 7.56. The number of anilines is 2. The Morgan fingerprint density at radius 3 is 2.49 bits per heavy atom. The predicted octanol–water partition coefficient (Wildman–Crippen LogP) is 4.86. The van der Waals surface area contributed by atoms with E-state index in [1.165, 1.54) is 4.90 Å². The molecule has 5 rings (SSSR count). The number of carbonyl (C=O) groups excluding carboxylic acids is 1. The van der Waals surface area contributed by atoms with Crippen molar-refractivity contribution in [1.29, 1.82) is 0 Å². The molecule has 1 fully saturated rings. The zero-order chi connectivity index (χ0) is 29.4. The van der Waals surface area contributed by atoms with Gasteiger partial charge in [0.2, 0.25) is 0 Å². The summed E-state index contributed by atoms with van der Waals surface area (Å²) in [5.41, 5.74) is 3.84. The van der Waals surface area contributed by atoms with Crippen molar-refractivity contribution in [3.8, 4) is 16.9 Å². The van der Waals surface area contributed by atoms with E-state index >= 15 is 0 Å². The third kappa shape index (κ3) is 6.73. The molecule has 0 radical (unpaired) electrons. The van der Waals surface area contributed by atoms with Crippen molar-refractivity contribution in [1.82, 2.24) is 30.0 Å². The molecule has 1 aliphatic rings. The van der Waals surface area contributed by atoms with Gasteiger partial charge in [-0.05, 0) is 30.7 Å². The van der Waals surface area contributed by atoms with E-state index in [4.69, 9.17) is 4.52 Å². The van der Waals surface area contributed by atoms with Crippen molar-refractivity contribution in [2.75, 3.05) is 42.9 Å². The number of hydrogen-bond acceptors (Lipinski definition) is 8. The molecule has 3 aromatic heterocycles. The highest BCUT2D eigenvalue weighted by Gasteiger charge is 2.32. The Morgan fingerprint density at radius 2 is 1.80 bits per heavy atom. The zero-order valence-corrected chi connectivity index (χ0v) is 23.2. The second-order valence-electron chi connectivity index (χ2n) is 11.1. The molecule has 0 unspecified atom stereocenters. The van der Waals surface area contributed by atoms with E-state index in [0.717, 1.165) is 16.8 Å². The van der Waals surface area contributed by atoms with Crippen molar-refractivity contribution in [2.45, 2.75) is 39.3 Å². The standard InChI is InChI=1S/C28H31F3N8O2/c1-18-5-6-19(26(40)33-25-13-24(41-35-25)27(2,3)4)12-23(18)39-16-22(34-36-39)20-11-21(15-32-14-20)38-9-7-37(8-10-38)17-28(29,30)31/h5-6,11-16H,7-10,17H2,1-4H3,(H,33,35,40). The van der Waals surface area contributed by atoms with Crippen LogP contribution in [0.1, 0.15) is 42.5 Å². The van der Waals surface area contributed by atoms with Crippen molar-refractivity contribution >= 4 is 17.4 Å². The molecule has 4 heterocycles. The number of nitrogens with one attached hydrogen (secondary N) is 1. The van der Waals surface area contributed by atoms with E-state index < -0.39 is 12.7 Å². The van der Waals surface area contributed by atoms with Gasteiger partial charge in [0, 0.05) is 55.0 Å². The quantitative estimate of drug-likeness (QED) is 0.352. The van der Waals surface area contributed by atoms with Gasteiger partial charge in [-0.2, -0.15) is 13.2 Å². The Morgan fingerprint density at radius 1 is 1.05 bits per heavy atom. The molecule has 0 atom stereocenters. The molecule has 1 aliphatic heterocycles. The number of hydrogen-bond donors (Lipinski definition) is 1. The lowest BCUT2D eigenvalue weighted by Gasteiger charge is -2.36. The highest BCUT2D eigenvalue weighted by atomic mass is 19.4. The van der Waals surface area contributed by atoms with E-state index in [1.807, 2.05) is 44.7 Å². The molecule has 1 N–H and O–H groups in total. The SMILES string of the molecule is Cc1ccc(C(=O)Nc2cc(C(C)(C)C)on2)cc1-n1cc(-c2cncc(N3CCN(CC(F)(F)F)CC3)c2)nn1. The fraction of sp³-hybridized carbons (Fsp3) is 0.393. The zero-order valence-electron chi connectivity index (χ0n) is 23.2. The summed E-state index contributed by atoms with van der Waals surface area (Å²) >= 11 is 0. The van der Waals surface area contributed by atoms with E-state index in [1.54, 1.807) is 41.5 Å². The molecule has 41 heavy (non-hydrogen) atoms. The van der Waals surface area contributed by atoms with Crippen LogP contribution in [0, 0.1) is 6.92 Å². The van der Waals surface area contributed by atoms with Gasteiger partial charge < -0.3 is 14.7 Å². The van der Waals surface area contributed by atoms with Gasteiger partial charge in [0.25, 0.3) is 5.91 Å². The number of piperazine rings is 1. The first kappa shape index (κ1) is 28.3. The number of aryl methyl sites for hydroxylation is 1. The molecule has 10 nitrogen and oxygen atoms in total. The second-order valence-corrected chi connectivity index (χ2v) is 11.1. The van der Waals surface area contributed by atoms with Crippen LogP contribution in [0.5, 0.6) is 0 Å². The van der Waals surface area contributed by atoms with Crippen molar-refractivity contribution in [2.24, 2.45) is 0 Å². The summed E-state index contributed by atoms with van der Waals surface area (Å²) in [6.07, 6.45) is 0.904. The lowest BCUT2D eigenvalue weighted by Crippen LogP contribution is -2.49. The summed E-state index contributed by atoms with van der Waals surface area (Å²) in [7, 11) is 0. The number of nitrogens with zero attached hydrogens (tertiary/aromatic N) is 7. The van der Waals surface area contributed by atoms with Gasteiger partial charge in [0.15, 0.2) is 5.82 Å². The van der Waals surface area contributed by atoms with Gasteiger partial charge >= 0.3 is 6.18 Å². The largest absolute Gasteiger partial charge is 0.401 e. The van der Waals surface area contributed by atoms with Crippen LogP contribution in [0.25, 0.3) is 16.9 Å². The summed E-state index contributed by atoms with van der Waals surface area (Å²) in [5, 5.41) is 15.3. The van der Waals surface area contributed by atoms with E-state index in [2.05, 4.69) is 25.8 Å². The second kappa shape index (κ2) is 11.0. The Hall–Kier alpha value is -4.26. The molecule has 4 aromatic rings. The molecule has 0 aliphatic carbocycles. The minimum Gasteiger partial charge on any atom is -0.368 e. The van der Waals surface area contributed by atoms with Crippen molar-refractivity contribution < 1.29 is 22.5 Å². The number of carbonyl (C=O) groups is 1. The van der Waals surface area contributed by atoms with Crippen LogP contribution in [-0.4, -0.2) is 74.8 Å². The Balaban J connectivity index is 1.30. The number of alkyl halides is 3. The van der Waals surface area contributed by atoms with Gasteiger partial charge in [0.05, 0.1) is 30.3 Å². The first-order chi connectivity index (χ1) is 19.4. The molecular weight excluding hydrogens is 537 g/mol. The number of halogens is 3. The van der Waals surface area contributed by atoms with Gasteiger partial charge in [-0.25, -0.2) is 4.68 Å². The molecule has 1 aromatic carbocycles. The molecule has 13 heteroatoms. The summed E-state index contributed by atoms with van der Waals surface area (Å²) in [6, 6.07) is 8.89. The number of pyridine rings is 1. The summed E-state index contributed by atoms with van der Waals surface area (Å²) < 4.78 is 45.1. The summed E-state index contributed by atoms with van der Waals surface area (Å²) in [5.74, 6) is 0.654. The molecule has 216 valence electrons. The normalized spacial score (nSPS) is 14.9. The van der Waals surface area contributed by atoms with Gasteiger partial charge in [-0.15, -0.1) is 5.10 Å². The predicted molar refractivity (Wildman–Crippen MR) is 147 cm³/mol.